The van der Waals surface area contributed by atoms with Gasteiger partial charge < -0.3 is 29.0 Å². The van der Waals surface area contributed by atoms with Gasteiger partial charge in [0.2, 0.25) is 5.82 Å². The quantitative estimate of drug-likeness (QED) is 0.176. The van der Waals surface area contributed by atoms with Crippen LogP contribution in [0.15, 0.2) is 48.8 Å². The van der Waals surface area contributed by atoms with Gasteiger partial charge in [0.1, 0.15) is 5.60 Å². The number of carbonyl (C=O) groups excluding carboxylic acids is 2. The highest BCUT2D eigenvalue weighted by Gasteiger charge is 2.20. The monoisotopic (exact) mass is 597 g/mol. The van der Waals surface area contributed by atoms with Crippen molar-refractivity contribution in [3.63, 3.8) is 0 Å². The lowest BCUT2D eigenvalue weighted by molar-refractivity contribution is 0.0221. The van der Waals surface area contributed by atoms with Gasteiger partial charge in [-0.25, -0.2) is 19.0 Å². The third-order valence-electron chi connectivity index (χ3n) is 6.26. The number of esters is 1. The van der Waals surface area contributed by atoms with Gasteiger partial charge in [-0.05, 0) is 45.0 Å². The topological polar surface area (TPSA) is 108 Å². The second-order valence-electron chi connectivity index (χ2n) is 10.6. The van der Waals surface area contributed by atoms with Crippen molar-refractivity contribution in [1.29, 1.82) is 0 Å². The molecule has 0 unspecified atom stereocenters. The Morgan fingerprint density at radius 2 is 1.93 bits per heavy atom. The molecule has 2 aromatic carbocycles. The molecule has 222 valence electrons. The van der Waals surface area contributed by atoms with Gasteiger partial charge in [0, 0.05) is 55.2 Å². The summed E-state index contributed by atoms with van der Waals surface area (Å²) in [6, 6.07) is 10.4. The molecule has 4 rings (SSSR count). The molecule has 0 fully saturated rings. The van der Waals surface area contributed by atoms with Gasteiger partial charge in [-0.3, -0.25) is 4.98 Å². The molecular formula is C30H33ClFN5O5. The van der Waals surface area contributed by atoms with Crippen molar-refractivity contribution in [2.45, 2.75) is 33.0 Å². The Bertz CT molecular complexity index is 1620. The number of likely N-dealkylation sites (N-methyl/N-ethyl adjacent to an activating group) is 1. The molecule has 2 heterocycles. The van der Waals surface area contributed by atoms with Crippen molar-refractivity contribution in [3.05, 3.63) is 71.0 Å². The van der Waals surface area contributed by atoms with E-state index in [0.717, 1.165) is 5.56 Å². The summed E-state index contributed by atoms with van der Waals surface area (Å²) < 4.78 is 32.9. The van der Waals surface area contributed by atoms with Crippen LogP contribution in [0.2, 0.25) is 5.02 Å². The van der Waals surface area contributed by atoms with Gasteiger partial charge in [-0.15, -0.1) is 0 Å². The Labute approximate surface area is 248 Å². The summed E-state index contributed by atoms with van der Waals surface area (Å²) in [6.45, 7) is 5.95. The number of rotatable bonds is 9. The number of nitrogens with one attached hydrogen (secondary N) is 1. The number of aryl methyl sites for hydroxylation is 1. The fourth-order valence-electron chi connectivity index (χ4n) is 4.10. The number of amides is 1. The first kappa shape index (κ1) is 30.7. The third kappa shape index (κ3) is 7.15. The van der Waals surface area contributed by atoms with Crippen molar-refractivity contribution >= 4 is 45.9 Å². The van der Waals surface area contributed by atoms with Crippen molar-refractivity contribution in [2.75, 3.05) is 32.6 Å². The minimum atomic E-state index is -0.628. The van der Waals surface area contributed by atoms with Crippen LogP contribution in [0.4, 0.5) is 20.6 Å². The number of imidazole rings is 1. The lowest BCUT2D eigenvalue weighted by Crippen LogP contribution is -2.36. The van der Waals surface area contributed by atoms with Crippen LogP contribution >= 0.6 is 11.6 Å². The number of aromatic nitrogens is 3. The zero-order valence-corrected chi connectivity index (χ0v) is 25.1. The minimum absolute atomic E-state index is 0.0474. The Balaban J connectivity index is 1.56. The van der Waals surface area contributed by atoms with Crippen LogP contribution in [0.3, 0.4) is 0 Å². The van der Waals surface area contributed by atoms with Gasteiger partial charge in [0.05, 0.1) is 42.2 Å². The van der Waals surface area contributed by atoms with E-state index in [1.54, 1.807) is 64.0 Å². The second-order valence-corrected chi connectivity index (χ2v) is 11.0. The van der Waals surface area contributed by atoms with Gasteiger partial charge in [0.15, 0.2) is 5.82 Å². The Hall–Kier alpha value is -4.22. The number of benzene rings is 2. The van der Waals surface area contributed by atoms with E-state index in [-0.39, 0.29) is 36.3 Å². The Kier molecular flexibility index (Phi) is 9.33. The molecule has 0 saturated carbocycles. The lowest BCUT2D eigenvalue weighted by atomic mass is 10.1. The zero-order valence-electron chi connectivity index (χ0n) is 24.3. The average molecular weight is 598 g/mol. The highest BCUT2D eigenvalue weighted by Crippen LogP contribution is 2.34. The summed E-state index contributed by atoms with van der Waals surface area (Å²) in [5, 5.41) is 3.83. The van der Waals surface area contributed by atoms with E-state index in [1.807, 2.05) is 18.2 Å². The molecule has 4 aromatic rings. The predicted molar refractivity (Wildman–Crippen MR) is 158 cm³/mol. The van der Waals surface area contributed by atoms with Gasteiger partial charge >= 0.3 is 12.1 Å². The molecule has 1 N–H and O–H groups in total. The summed E-state index contributed by atoms with van der Waals surface area (Å²) in [4.78, 5) is 34.5. The highest BCUT2D eigenvalue weighted by atomic mass is 35.5. The number of ether oxygens (including phenoxy) is 3. The fraction of sp³-hybridized carbons (Fsp3) is 0.333. The van der Waals surface area contributed by atoms with Crippen LogP contribution in [0.25, 0.3) is 22.2 Å². The smallest absolute Gasteiger partial charge is 0.410 e. The van der Waals surface area contributed by atoms with Gasteiger partial charge in [0.25, 0.3) is 0 Å². The van der Waals surface area contributed by atoms with E-state index in [4.69, 9.17) is 25.8 Å². The molecule has 0 atom stereocenters. The summed E-state index contributed by atoms with van der Waals surface area (Å²) in [5.41, 5.74) is 2.63. The number of fused-ring (bicyclic) bond motifs is 1. The van der Waals surface area contributed by atoms with Crippen molar-refractivity contribution < 1.29 is 28.2 Å². The molecule has 42 heavy (non-hydrogen) atoms. The van der Waals surface area contributed by atoms with E-state index in [1.165, 1.54) is 18.1 Å². The molecule has 2 aromatic heterocycles. The molecule has 0 radical (unpaired) electrons. The molecule has 0 bridgehead atoms. The number of pyridine rings is 1. The van der Waals surface area contributed by atoms with E-state index in [2.05, 4.69) is 15.3 Å². The number of methoxy groups -OCH3 is 1. The molecule has 0 aliphatic carbocycles. The summed E-state index contributed by atoms with van der Waals surface area (Å²) >= 11 is 6.15. The molecule has 0 aliphatic rings. The number of nitrogens with zero attached hydrogens (tertiary/aromatic N) is 4. The lowest BCUT2D eigenvalue weighted by Gasteiger charge is -2.24. The van der Waals surface area contributed by atoms with Crippen LogP contribution in [-0.2, 0) is 27.9 Å². The third-order valence-corrected chi connectivity index (χ3v) is 6.55. The number of hydrogen-bond acceptors (Lipinski definition) is 8. The summed E-state index contributed by atoms with van der Waals surface area (Å²) in [6.07, 6.45) is 2.89. The van der Waals surface area contributed by atoms with E-state index >= 15 is 4.39 Å². The van der Waals surface area contributed by atoms with E-state index in [0.29, 0.717) is 27.8 Å². The first-order valence-electron chi connectivity index (χ1n) is 13.1. The number of halogens is 2. The molecular weight excluding hydrogens is 565 g/mol. The number of anilines is 2. The SMILES string of the molecule is COC(=O)c1nc(-c2ccc3nccc(Nc4c(COCCN(C)C(=O)OC(C)(C)C)ccc(Cl)c4F)c3c2)cn1C. The maximum Gasteiger partial charge on any atom is 0.410 e. The van der Waals surface area contributed by atoms with Gasteiger partial charge in [-0.1, -0.05) is 23.7 Å². The average Bonchev–Trinajstić information content (AvgIpc) is 3.34. The van der Waals surface area contributed by atoms with Crippen molar-refractivity contribution in [1.82, 2.24) is 19.4 Å². The summed E-state index contributed by atoms with van der Waals surface area (Å²) in [7, 11) is 4.63. The molecule has 1 amide bonds. The molecule has 0 spiro atoms. The van der Waals surface area contributed by atoms with Crippen LogP contribution in [0.5, 0.6) is 0 Å². The van der Waals surface area contributed by atoms with E-state index in [9.17, 15) is 9.59 Å². The second kappa shape index (κ2) is 12.7. The standard InChI is InChI=1S/C30H33ClFN5O5/c1-30(2,3)42-29(39)36(4)13-14-41-17-19-7-9-21(31)25(32)26(19)34-23-11-12-33-22-10-8-18(15-20(22)23)24-16-37(5)27(35-24)28(38)40-6/h7-12,15-16H,13-14,17H2,1-6H3,(H,33,34). The predicted octanol–water partition coefficient (Wildman–Crippen LogP) is 6.34. The maximum atomic E-state index is 15.4. The Morgan fingerprint density at radius 1 is 1.17 bits per heavy atom. The normalized spacial score (nSPS) is 11.4. The number of hydrogen-bond donors (Lipinski definition) is 1. The van der Waals surface area contributed by atoms with Crippen molar-refractivity contribution in [2.24, 2.45) is 7.05 Å². The molecule has 0 aliphatic heterocycles. The highest BCUT2D eigenvalue weighted by molar-refractivity contribution is 6.31. The van der Waals surface area contributed by atoms with Gasteiger partial charge in [-0.2, -0.15) is 0 Å². The van der Waals surface area contributed by atoms with Crippen molar-refractivity contribution in [3.8, 4) is 11.3 Å². The molecule has 0 saturated heterocycles. The first-order valence-corrected chi connectivity index (χ1v) is 13.5. The summed E-state index contributed by atoms with van der Waals surface area (Å²) in [5.74, 6) is -1.01. The largest absolute Gasteiger partial charge is 0.463 e. The zero-order chi connectivity index (χ0) is 30.6. The minimum Gasteiger partial charge on any atom is -0.463 e. The number of carbonyl (C=O) groups is 2. The first-order chi connectivity index (χ1) is 19.9. The molecule has 10 nitrogen and oxygen atoms in total. The fourth-order valence-corrected chi connectivity index (χ4v) is 4.25. The van der Waals surface area contributed by atoms with Crippen LogP contribution < -0.4 is 5.32 Å². The maximum absolute atomic E-state index is 15.4. The van der Waals surface area contributed by atoms with Crippen LogP contribution in [0.1, 0.15) is 37.0 Å². The Morgan fingerprint density at radius 3 is 2.64 bits per heavy atom. The van der Waals surface area contributed by atoms with Crippen LogP contribution in [-0.4, -0.2) is 64.4 Å². The van der Waals surface area contributed by atoms with Crippen LogP contribution in [0, 0.1) is 5.82 Å². The van der Waals surface area contributed by atoms with E-state index < -0.39 is 23.5 Å². The molecule has 12 heteroatoms.